The number of nitrogen functional groups attached to an aromatic ring is 4. The molecule has 14 rings (SSSR count). The van der Waals surface area contributed by atoms with Crippen molar-refractivity contribution in [2.75, 3.05) is 90.5 Å². The van der Waals surface area contributed by atoms with Crippen molar-refractivity contribution < 1.29 is 63.1 Å². The fourth-order valence-corrected chi connectivity index (χ4v) is 13.3. The van der Waals surface area contributed by atoms with Crippen molar-refractivity contribution in [2.45, 2.75) is 82.5 Å². The van der Waals surface area contributed by atoms with E-state index in [1.807, 2.05) is 91.0 Å². The average Bonchev–Trinajstić information content (AvgIpc) is 0.803. The van der Waals surface area contributed by atoms with Crippen LogP contribution in [0, 0.1) is 5.92 Å². The van der Waals surface area contributed by atoms with E-state index in [1.54, 1.807) is 60.9 Å². The highest BCUT2D eigenvalue weighted by Gasteiger charge is 2.39. The lowest BCUT2D eigenvalue weighted by molar-refractivity contribution is -0.139. The molecule has 0 bridgehead atoms. The predicted octanol–water partition coefficient (Wildman–Crippen LogP) is 14.7. The Labute approximate surface area is 668 Å². The second kappa shape index (κ2) is 38.1. The molecule has 11 aromatic rings. The van der Waals surface area contributed by atoms with E-state index in [9.17, 15) is 45.5 Å². The molecule has 15 N–H and O–H groups in total. The van der Waals surface area contributed by atoms with E-state index in [4.69, 9.17) is 49.1 Å². The highest BCUT2D eigenvalue weighted by molar-refractivity contribution is 6.15. The number of piperazine rings is 2. The van der Waals surface area contributed by atoms with Crippen LogP contribution in [-0.2, 0) is 12.4 Å². The van der Waals surface area contributed by atoms with Crippen molar-refractivity contribution in [3.63, 3.8) is 0 Å². The van der Waals surface area contributed by atoms with Crippen molar-refractivity contribution in [2.24, 2.45) is 17.4 Å². The van der Waals surface area contributed by atoms with E-state index >= 15 is 0 Å². The van der Waals surface area contributed by atoms with Crippen molar-refractivity contribution >= 4 is 63.9 Å². The predicted molar refractivity (Wildman–Crippen MR) is 446 cm³/mol. The molecule has 8 aromatic heterocycles. The molecule has 2 aliphatic heterocycles. The molecule has 0 radical (unpaired) electrons. The number of nitrogens with zero attached hydrogens (tertiary/aromatic N) is 10. The van der Waals surface area contributed by atoms with E-state index in [0.717, 1.165) is 136 Å². The molecule has 2 saturated heterocycles. The number of alkyl halides is 6. The first kappa shape index (κ1) is 82.3. The van der Waals surface area contributed by atoms with Crippen molar-refractivity contribution in [1.82, 2.24) is 50.5 Å². The van der Waals surface area contributed by atoms with E-state index in [0.29, 0.717) is 34.5 Å². The van der Waals surface area contributed by atoms with Crippen LogP contribution >= 0.6 is 0 Å². The quantitative estimate of drug-likeness (QED) is 0.0253. The molecule has 10 heterocycles. The molecule has 608 valence electrons. The van der Waals surface area contributed by atoms with Crippen LogP contribution in [0.1, 0.15) is 146 Å². The van der Waals surface area contributed by atoms with Gasteiger partial charge < -0.3 is 64.9 Å². The van der Waals surface area contributed by atoms with E-state index in [-0.39, 0.29) is 89.2 Å². The zero-order valence-corrected chi connectivity index (χ0v) is 62.5. The van der Waals surface area contributed by atoms with E-state index in [1.165, 1.54) is 42.7 Å². The number of pyridine rings is 8. The number of rotatable bonds is 20. The standard InChI is InChI=1S/C25H29N5O.C21H21N5O.C20H17F3N4O2.C18H20F3N5O.9H2/c1-17(2)15-19-16-30(14-13-27-19)22-11-10-20(18-7-4-3-5-8-18)23(29-22)24(31)21-9-6-12-28-25(21)26;22-21-17(7-4-10-24-21)20(27)19-16(15-5-2-1-3-6-15)8-9-18(25-19)26-13-11-23-12-14-26;21-20(22,23)14-8-9-16(29-11-15(24)12-5-2-1-3-6-12)27-17(14)18(28)13-7-4-10-26-19(13)25;19-18(20,21)11-7-8-14(25-13-6-2-1-5-12(13)22)26-15(11)16(27)10-4-3-9-24-17(10)23;;;;;;;;;/h3-12,17,19,27H,13-16H2,1-2H3,(H2,26,28);1-10,23H,11-14H2,(H2,22,24);1-10,15H,11,24H2,(H2,25,26);3-4,7-9,12-13H,1-2,5-6,22H2,(H2,23,24)(H,25,26);9*1H/t19-;;;;;;;;;;;;/m0............/s1. The molecule has 3 unspecified atom stereocenters. The average molecular weight is 1570 g/mol. The van der Waals surface area contributed by atoms with E-state index in [2.05, 4.69) is 69.5 Å². The Morgan fingerprint density at radius 3 is 1.39 bits per heavy atom. The Kier molecular flexibility index (Phi) is 27.5. The zero-order chi connectivity index (χ0) is 81.1. The minimum atomic E-state index is -4.78. The molecule has 3 fully saturated rings. The molecule has 4 atom stereocenters. The number of carbonyl (C=O) groups excluding carboxylic acids is 4. The summed E-state index contributed by atoms with van der Waals surface area (Å²) in [6, 6.07) is 52.5. The van der Waals surface area contributed by atoms with Gasteiger partial charge in [0.2, 0.25) is 29.0 Å². The lowest BCUT2D eigenvalue weighted by Gasteiger charge is -2.35. The van der Waals surface area contributed by atoms with Crippen molar-refractivity contribution in [3.05, 3.63) is 275 Å². The maximum Gasteiger partial charge on any atom is 0.418 e. The number of ether oxygens (including phenoxy) is 1. The Balaban J connectivity index is 0.000000543. The molecule has 0 spiro atoms. The molecule has 1 saturated carbocycles. The second-order valence-electron chi connectivity index (χ2n) is 27.5. The summed E-state index contributed by atoms with van der Waals surface area (Å²) in [6.45, 7) is 10.6. The summed E-state index contributed by atoms with van der Waals surface area (Å²) < 4.78 is 85.8. The van der Waals surface area contributed by atoms with E-state index < -0.39 is 52.5 Å². The lowest BCUT2D eigenvalue weighted by atomic mass is 9.91. The van der Waals surface area contributed by atoms with Crippen LogP contribution in [0.25, 0.3) is 22.3 Å². The number of nitrogens with one attached hydrogen (secondary N) is 3. The van der Waals surface area contributed by atoms with Crippen molar-refractivity contribution in [3.8, 4) is 28.1 Å². The zero-order valence-electron chi connectivity index (χ0n) is 62.5. The second-order valence-corrected chi connectivity index (χ2v) is 27.5. The third-order valence-corrected chi connectivity index (χ3v) is 19.1. The fraction of sp³-hybridized carbons (Fsp3) is 0.262. The number of hydrogen-bond donors (Lipinski definition) is 9. The molecule has 3 aliphatic rings. The summed E-state index contributed by atoms with van der Waals surface area (Å²) in [5.74, 6) is 0.0243. The molecular formula is C84H105F6N19O5. The largest absolute Gasteiger partial charge is 0.476 e. The molecule has 1 aliphatic carbocycles. The Hall–Kier alpha value is -12.6. The van der Waals surface area contributed by atoms with Crippen LogP contribution in [-0.4, -0.2) is 134 Å². The minimum Gasteiger partial charge on any atom is -0.476 e. The number of hydrogen-bond acceptors (Lipinski definition) is 24. The first-order valence-corrected chi connectivity index (χ1v) is 37.0. The molecule has 24 nitrogen and oxygen atoms in total. The van der Waals surface area contributed by atoms with Gasteiger partial charge in [0, 0.05) is 119 Å². The normalized spacial score (nSPS) is 15.8. The van der Waals surface area contributed by atoms with Gasteiger partial charge in [0.25, 0.3) is 0 Å². The number of benzene rings is 3. The maximum atomic E-state index is 13.5. The summed E-state index contributed by atoms with van der Waals surface area (Å²) in [5, 5.41) is 10.00. The molecule has 3 aromatic carbocycles. The van der Waals surface area contributed by atoms with Crippen molar-refractivity contribution in [1.29, 1.82) is 0 Å². The molecule has 114 heavy (non-hydrogen) atoms. The van der Waals surface area contributed by atoms with Crippen LogP contribution in [0.3, 0.4) is 0 Å². The van der Waals surface area contributed by atoms with Crippen LogP contribution in [0.2, 0.25) is 0 Å². The number of carbonyl (C=O) groups is 4. The molecule has 30 heteroatoms. The summed E-state index contributed by atoms with van der Waals surface area (Å²) in [6.07, 6.45) is 1.06. The fourth-order valence-electron chi connectivity index (χ4n) is 13.3. The first-order chi connectivity index (χ1) is 54.8. The number of ketones is 4. The van der Waals surface area contributed by atoms with Gasteiger partial charge in [-0.1, -0.05) is 118 Å². The van der Waals surface area contributed by atoms with Crippen LogP contribution in [0.5, 0.6) is 5.88 Å². The van der Waals surface area contributed by atoms with Gasteiger partial charge in [-0.3, -0.25) is 19.2 Å². The van der Waals surface area contributed by atoms with Crippen LogP contribution in [0.15, 0.2) is 213 Å². The van der Waals surface area contributed by atoms with Gasteiger partial charge >= 0.3 is 12.4 Å². The smallest absolute Gasteiger partial charge is 0.418 e. The Bertz CT molecular complexity index is 5170. The highest BCUT2D eigenvalue weighted by Crippen LogP contribution is 2.37. The monoisotopic (exact) mass is 1570 g/mol. The Morgan fingerprint density at radius 2 is 0.939 bits per heavy atom. The summed E-state index contributed by atoms with van der Waals surface area (Å²) in [7, 11) is 0. The number of nitrogens with two attached hydrogens (primary N) is 6. The van der Waals surface area contributed by atoms with Gasteiger partial charge in [-0.05, 0) is 133 Å². The van der Waals surface area contributed by atoms with Gasteiger partial charge in [0.1, 0.15) is 70.1 Å². The number of aromatic nitrogens is 8. The third kappa shape index (κ3) is 21.1. The summed E-state index contributed by atoms with van der Waals surface area (Å²) >= 11 is 0. The first-order valence-electron chi connectivity index (χ1n) is 37.0. The van der Waals surface area contributed by atoms with Gasteiger partial charge in [-0.15, -0.1) is 0 Å². The van der Waals surface area contributed by atoms with Gasteiger partial charge in [0.05, 0.1) is 39.4 Å². The number of anilines is 7. The summed E-state index contributed by atoms with van der Waals surface area (Å²) in [4.78, 5) is 89.6. The highest BCUT2D eigenvalue weighted by atomic mass is 19.4. The lowest BCUT2D eigenvalue weighted by Crippen LogP contribution is -2.51. The molecular weight excluding hydrogens is 1470 g/mol. The SMILES string of the molecule is CC(C)C[C@H]1CN(c2ccc(-c3ccccc3)c(C(=O)c3cccnc3N)n2)CCN1.Nc1ncccc1C(=O)c1nc(N2CCNCC2)ccc1-c1ccccc1.Nc1ncccc1C(=O)c1nc(NC2CCCCC2N)ccc1C(F)(F)F.Nc1ncccc1C(=O)c1nc(OCC(N)c2ccccc2)ccc1C(F)(F)F.[HH].[HH].[HH].[HH].[HH].[HH].[HH].[HH].[HH]. The topological polar surface area (TPSA) is 379 Å². The van der Waals surface area contributed by atoms with Gasteiger partial charge in [0.15, 0.2) is 0 Å². The van der Waals surface area contributed by atoms with Crippen LogP contribution in [0.4, 0.5) is 67.1 Å². The summed E-state index contributed by atoms with van der Waals surface area (Å²) in [5.41, 5.74) is 37.0. The third-order valence-electron chi connectivity index (χ3n) is 19.1. The van der Waals surface area contributed by atoms with Gasteiger partial charge in [-0.2, -0.15) is 26.3 Å². The molecule has 0 amide bonds. The minimum absolute atomic E-state index is 0. The van der Waals surface area contributed by atoms with Crippen LogP contribution < -0.4 is 64.9 Å². The maximum absolute atomic E-state index is 13.5. The van der Waals surface area contributed by atoms with Gasteiger partial charge in [-0.25, -0.2) is 39.9 Å². The number of halogens is 6. The Morgan fingerprint density at radius 1 is 0.509 bits per heavy atom.